The average molecular weight is 434 g/mol. The van der Waals surface area contributed by atoms with Crippen molar-refractivity contribution in [3.63, 3.8) is 0 Å². The summed E-state index contributed by atoms with van der Waals surface area (Å²) in [6.45, 7) is 1.87. The molecule has 11 heteroatoms. The van der Waals surface area contributed by atoms with Crippen molar-refractivity contribution in [1.82, 2.24) is 24.5 Å². The molecule has 1 unspecified atom stereocenters. The fourth-order valence-electron chi connectivity index (χ4n) is 3.48. The molecule has 1 amide bonds. The summed E-state index contributed by atoms with van der Waals surface area (Å²) in [6, 6.07) is -0.550. The van der Waals surface area contributed by atoms with E-state index in [1.54, 1.807) is 34.2 Å². The van der Waals surface area contributed by atoms with Gasteiger partial charge in [-0.3, -0.25) is 14.2 Å². The van der Waals surface area contributed by atoms with Crippen molar-refractivity contribution in [3.8, 4) is 10.6 Å². The number of ether oxygens (including phenoxy) is 1. The molecule has 1 aliphatic rings. The Hall–Kier alpha value is -2.63. The Bertz CT molecular complexity index is 1050. The zero-order valence-corrected chi connectivity index (χ0v) is 17.8. The van der Waals surface area contributed by atoms with Crippen LogP contribution in [0.1, 0.15) is 40.8 Å². The number of aryl methyl sites for hydroxylation is 2. The molecule has 4 heterocycles. The maximum atomic E-state index is 13.9. The Kier molecular flexibility index (Phi) is 5.67. The van der Waals surface area contributed by atoms with E-state index in [0.717, 1.165) is 16.3 Å². The molecule has 160 valence electrons. The highest BCUT2D eigenvalue weighted by Gasteiger charge is 2.30. The van der Waals surface area contributed by atoms with Crippen molar-refractivity contribution < 1.29 is 13.9 Å². The van der Waals surface area contributed by atoms with Crippen molar-refractivity contribution in [3.05, 3.63) is 34.9 Å². The van der Waals surface area contributed by atoms with Gasteiger partial charge in [0, 0.05) is 31.2 Å². The molecule has 30 heavy (non-hydrogen) atoms. The van der Waals surface area contributed by atoms with E-state index in [2.05, 4.69) is 20.5 Å². The zero-order chi connectivity index (χ0) is 21.4. The smallest absolute Gasteiger partial charge is 0.275 e. The Morgan fingerprint density at radius 3 is 2.80 bits per heavy atom. The summed E-state index contributed by atoms with van der Waals surface area (Å²) in [5.41, 5.74) is 9.21. The van der Waals surface area contributed by atoms with E-state index in [-0.39, 0.29) is 12.5 Å². The largest absolute Gasteiger partial charge is 0.369 e. The van der Waals surface area contributed by atoms with E-state index < -0.39 is 18.3 Å². The molecule has 9 nitrogen and oxygen atoms in total. The Morgan fingerprint density at radius 2 is 2.07 bits per heavy atom. The van der Waals surface area contributed by atoms with Gasteiger partial charge >= 0.3 is 0 Å². The number of nitrogens with one attached hydrogen (secondary N) is 1. The Balaban J connectivity index is 1.53. The van der Waals surface area contributed by atoms with E-state index in [1.165, 1.54) is 11.3 Å². The number of nitrogens with two attached hydrogens (primary N) is 1. The standard InChI is InChI=1S/C19H24FN7O2S/c1-10-11(6-22-26(10)2)19-25-15(9-30-19)18(28)24-14-7-23-27(3)17(14)16-5-4-13(21)12(20)8-29-16/h6-7,9,12-13,16H,4-5,8,21H2,1-3H3,(H,24,28)/t12-,13?,16+/m1/s1. The average Bonchev–Trinajstić information content (AvgIpc) is 3.40. The zero-order valence-electron chi connectivity index (χ0n) is 17.0. The molecule has 3 atom stereocenters. The van der Waals surface area contributed by atoms with Gasteiger partial charge in [-0.15, -0.1) is 11.3 Å². The molecule has 1 fully saturated rings. The van der Waals surface area contributed by atoms with Gasteiger partial charge in [0.2, 0.25) is 0 Å². The van der Waals surface area contributed by atoms with Gasteiger partial charge in [0.25, 0.3) is 5.91 Å². The molecule has 0 bridgehead atoms. The number of hydrogen-bond donors (Lipinski definition) is 2. The van der Waals surface area contributed by atoms with Gasteiger partial charge in [-0.05, 0) is 19.8 Å². The van der Waals surface area contributed by atoms with Crippen LogP contribution in [-0.4, -0.2) is 49.3 Å². The number of carbonyl (C=O) groups is 1. The minimum atomic E-state index is -1.20. The maximum Gasteiger partial charge on any atom is 0.275 e. The van der Waals surface area contributed by atoms with Crippen LogP contribution in [-0.2, 0) is 18.8 Å². The van der Waals surface area contributed by atoms with Crippen molar-refractivity contribution in [2.24, 2.45) is 19.8 Å². The van der Waals surface area contributed by atoms with Gasteiger partial charge in [-0.1, -0.05) is 0 Å². The fourth-order valence-corrected chi connectivity index (χ4v) is 4.34. The molecule has 0 spiro atoms. The number of aromatic nitrogens is 5. The lowest BCUT2D eigenvalue weighted by Gasteiger charge is -2.17. The van der Waals surface area contributed by atoms with Crippen molar-refractivity contribution in [2.75, 3.05) is 11.9 Å². The van der Waals surface area contributed by atoms with Crippen LogP contribution in [0, 0.1) is 6.92 Å². The van der Waals surface area contributed by atoms with Crippen LogP contribution in [0.4, 0.5) is 10.1 Å². The predicted octanol–water partition coefficient (Wildman–Crippen LogP) is 2.35. The summed E-state index contributed by atoms with van der Waals surface area (Å²) in [5, 5.41) is 13.8. The minimum absolute atomic E-state index is 0.0791. The Morgan fingerprint density at radius 1 is 1.30 bits per heavy atom. The third-order valence-corrected chi connectivity index (χ3v) is 6.30. The third-order valence-electron chi connectivity index (χ3n) is 5.42. The minimum Gasteiger partial charge on any atom is -0.369 e. The van der Waals surface area contributed by atoms with Gasteiger partial charge < -0.3 is 15.8 Å². The van der Waals surface area contributed by atoms with Crippen molar-refractivity contribution in [2.45, 2.75) is 38.1 Å². The monoisotopic (exact) mass is 433 g/mol. The SMILES string of the molecule is Cc1c(-c2nc(C(=O)Nc3cnn(C)c3[C@@H]3CCC(N)[C@H](F)CO3)cs2)cnn1C. The molecule has 4 rings (SSSR count). The maximum absolute atomic E-state index is 13.9. The molecule has 0 aromatic carbocycles. The second-order valence-electron chi connectivity index (χ2n) is 7.41. The molecule has 0 aliphatic carbocycles. The highest BCUT2D eigenvalue weighted by molar-refractivity contribution is 7.13. The van der Waals surface area contributed by atoms with Gasteiger partial charge in [-0.25, -0.2) is 9.37 Å². The molecule has 3 N–H and O–H groups in total. The highest BCUT2D eigenvalue weighted by Crippen LogP contribution is 2.33. The van der Waals surface area contributed by atoms with Gasteiger partial charge in [0.15, 0.2) is 0 Å². The summed E-state index contributed by atoms with van der Waals surface area (Å²) < 4.78 is 23.0. The van der Waals surface area contributed by atoms with E-state index in [0.29, 0.717) is 29.9 Å². The van der Waals surface area contributed by atoms with Crippen LogP contribution in [0.15, 0.2) is 17.8 Å². The number of halogens is 1. The second kappa shape index (κ2) is 8.25. The van der Waals surface area contributed by atoms with Crippen molar-refractivity contribution in [1.29, 1.82) is 0 Å². The van der Waals surface area contributed by atoms with Crippen LogP contribution < -0.4 is 11.1 Å². The summed E-state index contributed by atoms with van der Waals surface area (Å²) in [5.74, 6) is -0.345. The van der Waals surface area contributed by atoms with E-state index in [1.807, 2.05) is 14.0 Å². The van der Waals surface area contributed by atoms with Gasteiger partial charge in [0.1, 0.15) is 23.0 Å². The number of carbonyl (C=O) groups excluding carboxylic acids is 1. The lowest BCUT2D eigenvalue weighted by molar-refractivity contribution is 0.0247. The lowest BCUT2D eigenvalue weighted by Crippen LogP contribution is -2.32. The quantitative estimate of drug-likeness (QED) is 0.653. The van der Waals surface area contributed by atoms with Gasteiger partial charge in [-0.2, -0.15) is 10.2 Å². The molecular formula is C19H24FN7O2S. The van der Waals surface area contributed by atoms with Crippen LogP contribution in [0.25, 0.3) is 10.6 Å². The highest BCUT2D eigenvalue weighted by atomic mass is 32.1. The number of thiazole rings is 1. The first-order valence-corrected chi connectivity index (χ1v) is 10.5. The number of amides is 1. The van der Waals surface area contributed by atoms with E-state index in [4.69, 9.17) is 10.5 Å². The molecule has 3 aromatic heterocycles. The number of hydrogen-bond acceptors (Lipinski definition) is 7. The number of anilines is 1. The first-order valence-electron chi connectivity index (χ1n) is 9.64. The molecule has 3 aromatic rings. The predicted molar refractivity (Wildman–Crippen MR) is 111 cm³/mol. The third kappa shape index (κ3) is 3.87. The van der Waals surface area contributed by atoms with Crippen molar-refractivity contribution >= 4 is 22.9 Å². The first kappa shape index (κ1) is 20.6. The molecule has 1 aliphatic heterocycles. The number of nitrogens with zero attached hydrogens (tertiary/aromatic N) is 5. The summed E-state index contributed by atoms with van der Waals surface area (Å²) in [4.78, 5) is 17.3. The van der Waals surface area contributed by atoms with E-state index in [9.17, 15) is 9.18 Å². The normalized spacial score (nSPS) is 22.1. The Labute approximate surface area is 177 Å². The summed E-state index contributed by atoms with van der Waals surface area (Å²) >= 11 is 1.38. The lowest BCUT2D eigenvalue weighted by atomic mass is 10.0. The fraction of sp³-hybridized carbons (Fsp3) is 0.474. The number of rotatable bonds is 4. The molecule has 1 saturated heterocycles. The summed E-state index contributed by atoms with van der Waals surface area (Å²) in [6.07, 6.45) is 2.73. The van der Waals surface area contributed by atoms with Gasteiger partial charge in [0.05, 0.1) is 35.9 Å². The molecule has 0 saturated carbocycles. The first-order chi connectivity index (χ1) is 14.3. The second-order valence-corrected chi connectivity index (χ2v) is 8.26. The topological polar surface area (TPSA) is 113 Å². The molecule has 0 radical (unpaired) electrons. The van der Waals surface area contributed by atoms with Crippen LogP contribution >= 0.6 is 11.3 Å². The van der Waals surface area contributed by atoms with Crippen LogP contribution in [0.3, 0.4) is 0 Å². The van der Waals surface area contributed by atoms with E-state index >= 15 is 0 Å². The summed E-state index contributed by atoms with van der Waals surface area (Å²) in [7, 11) is 3.62. The molecular weight excluding hydrogens is 409 g/mol. The van der Waals surface area contributed by atoms with Crippen LogP contribution in [0.2, 0.25) is 0 Å². The number of alkyl halides is 1. The van der Waals surface area contributed by atoms with Crippen LogP contribution in [0.5, 0.6) is 0 Å².